The van der Waals surface area contributed by atoms with Crippen molar-refractivity contribution in [2.24, 2.45) is 0 Å². The van der Waals surface area contributed by atoms with Crippen LogP contribution >= 0.6 is 8.58 Å². The van der Waals surface area contributed by atoms with Gasteiger partial charge in [-0.05, 0) is 48.8 Å². The van der Waals surface area contributed by atoms with Gasteiger partial charge in [0.15, 0.2) is 0 Å². The summed E-state index contributed by atoms with van der Waals surface area (Å²) in [4.78, 5) is 0. The Hall–Kier alpha value is -0.350. The summed E-state index contributed by atoms with van der Waals surface area (Å²) >= 11 is 0. The van der Waals surface area contributed by atoms with Gasteiger partial charge in [-0.2, -0.15) is 0 Å². The fourth-order valence-corrected chi connectivity index (χ4v) is 2.97. The SMILES string of the molecule is CCCCc1cccc(PC)c1CCCC. The minimum atomic E-state index is 0.942. The van der Waals surface area contributed by atoms with Crippen molar-refractivity contribution >= 4 is 13.9 Å². The van der Waals surface area contributed by atoms with Crippen LogP contribution in [0.1, 0.15) is 50.7 Å². The molecule has 0 bridgehead atoms. The molecule has 1 unspecified atom stereocenters. The minimum Gasteiger partial charge on any atom is -0.0933 e. The van der Waals surface area contributed by atoms with E-state index in [1.54, 1.807) is 16.4 Å². The molecule has 1 heteroatoms. The van der Waals surface area contributed by atoms with Crippen LogP contribution in [0.25, 0.3) is 0 Å². The Kier molecular flexibility index (Phi) is 6.73. The second-order valence-electron chi connectivity index (χ2n) is 4.40. The van der Waals surface area contributed by atoms with Crippen molar-refractivity contribution in [2.75, 3.05) is 6.66 Å². The number of hydrogen-bond donors (Lipinski definition) is 0. The van der Waals surface area contributed by atoms with Crippen LogP contribution in [0.2, 0.25) is 0 Å². The van der Waals surface area contributed by atoms with E-state index < -0.39 is 0 Å². The van der Waals surface area contributed by atoms with Crippen LogP contribution in [0, 0.1) is 0 Å². The van der Waals surface area contributed by atoms with Gasteiger partial charge in [0, 0.05) is 0 Å². The zero-order valence-corrected chi connectivity index (χ0v) is 12.0. The second kappa shape index (κ2) is 7.85. The number of aryl methyl sites for hydroxylation is 1. The Morgan fingerprint density at radius 3 is 2.31 bits per heavy atom. The molecular weight excluding hydrogens is 211 g/mol. The normalized spacial score (nSPS) is 11.4. The molecule has 16 heavy (non-hydrogen) atoms. The quantitative estimate of drug-likeness (QED) is 0.619. The third-order valence-corrected chi connectivity index (χ3v) is 4.13. The smallest absolute Gasteiger partial charge is 0.0240 e. The standard InChI is InChI=1S/C15H25P/c1-4-6-9-13-10-8-12-15(16-3)14(13)11-7-5-2/h8,10,12,16H,4-7,9,11H2,1-3H3. The van der Waals surface area contributed by atoms with Crippen LogP contribution in [0.4, 0.5) is 0 Å². The molecule has 90 valence electrons. The third-order valence-electron chi connectivity index (χ3n) is 3.12. The van der Waals surface area contributed by atoms with Crippen LogP contribution < -0.4 is 5.30 Å². The molecule has 1 atom stereocenters. The summed E-state index contributed by atoms with van der Waals surface area (Å²) in [5, 5.41) is 1.60. The van der Waals surface area contributed by atoms with Gasteiger partial charge >= 0.3 is 0 Å². The van der Waals surface area contributed by atoms with Gasteiger partial charge in [-0.3, -0.25) is 0 Å². The molecule has 0 aliphatic carbocycles. The van der Waals surface area contributed by atoms with Crippen molar-refractivity contribution in [1.82, 2.24) is 0 Å². The van der Waals surface area contributed by atoms with Crippen molar-refractivity contribution in [3.63, 3.8) is 0 Å². The highest BCUT2D eigenvalue weighted by atomic mass is 31.1. The monoisotopic (exact) mass is 236 g/mol. The van der Waals surface area contributed by atoms with Gasteiger partial charge in [-0.1, -0.05) is 53.5 Å². The summed E-state index contributed by atoms with van der Waals surface area (Å²) in [5.74, 6) is 0. The minimum absolute atomic E-state index is 0.942. The lowest BCUT2D eigenvalue weighted by Crippen LogP contribution is -2.08. The van der Waals surface area contributed by atoms with E-state index in [9.17, 15) is 0 Å². The molecule has 0 heterocycles. The summed E-state index contributed by atoms with van der Waals surface area (Å²) in [6.45, 7) is 6.86. The fourth-order valence-electron chi connectivity index (χ4n) is 2.12. The molecule has 0 aliphatic rings. The van der Waals surface area contributed by atoms with Crippen LogP contribution in [-0.4, -0.2) is 6.66 Å². The van der Waals surface area contributed by atoms with E-state index in [2.05, 4.69) is 38.7 Å². The van der Waals surface area contributed by atoms with Crippen molar-refractivity contribution in [3.05, 3.63) is 29.3 Å². The molecule has 0 fully saturated rings. The average molecular weight is 236 g/mol. The Bertz CT molecular complexity index is 304. The molecule has 0 N–H and O–H groups in total. The first-order valence-electron chi connectivity index (χ1n) is 6.62. The molecule has 0 amide bonds. The van der Waals surface area contributed by atoms with Gasteiger partial charge in [-0.15, -0.1) is 0 Å². The summed E-state index contributed by atoms with van der Waals surface area (Å²) in [6, 6.07) is 6.90. The molecule has 1 aromatic carbocycles. The lowest BCUT2D eigenvalue weighted by molar-refractivity contribution is 0.761. The number of hydrogen-bond acceptors (Lipinski definition) is 0. The maximum Gasteiger partial charge on any atom is -0.0240 e. The summed E-state index contributed by atoms with van der Waals surface area (Å²) in [7, 11) is 0.942. The van der Waals surface area contributed by atoms with Crippen molar-refractivity contribution in [1.29, 1.82) is 0 Å². The van der Waals surface area contributed by atoms with Crippen LogP contribution in [-0.2, 0) is 12.8 Å². The van der Waals surface area contributed by atoms with Crippen molar-refractivity contribution in [3.8, 4) is 0 Å². The molecule has 0 saturated carbocycles. The number of benzene rings is 1. The first-order valence-corrected chi connectivity index (χ1v) is 8.12. The summed E-state index contributed by atoms with van der Waals surface area (Å²) in [5.41, 5.74) is 3.28. The highest BCUT2D eigenvalue weighted by molar-refractivity contribution is 7.46. The van der Waals surface area contributed by atoms with Gasteiger partial charge in [0.25, 0.3) is 0 Å². The van der Waals surface area contributed by atoms with E-state index >= 15 is 0 Å². The largest absolute Gasteiger partial charge is 0.0933 e. The van der Waals surface area contributed by atoms with Crippen LogP contribution in [0.5, 0.6) is 0 Å². The van der Waals surface area contributed by atoms with Gasteiger partial charge in [0.1, 0.15) is 0 Å². The van der Waals surface area contributed by atoms with Crippen molar-refractivity contribution in [2.45, 2.75) is 52.4 Å². The molecule has 0 saturated heterocycles. The zero-order valence-electron chi connectivity index (χ0n) is 11.0. The topological polar surface area (TPSA) is 0 Å². The Morgan fingerprint density at radius 2 is 1.69 bits per heavy atom. The molecule has 1 aromatic rings. The number of unbranched alkanes of at least 4 members (excludes halogenated alkanes) is 2. The molecule has 0 aromatic heterocycles. The van der Waals surface area contributed by atoms with E-state index in [1.807, 2.05) is 0 Å². The Morgan fingerprint density at radius 1 is 1.00 bits per heavy atom. The van der Waals surface area contributed by atoms with Crippen molar-refractivity contribution < 1.29 is 0 Å². The Balaban J connectivity index is 2.86. The summed E-state index contributed by atoms with van der Waals surface area (Å²) < 4.78 is 0. The molecule has 0 nitrogen and oxygen atoms in total. The van der Waals surface area contributed by atoms with E-state index in [0.29, 0.717) is 0 Å². The summed E-state index contributed by atoms with van der Waals surface area (Å²) in [6.07, 6.45) is 7.82. The predicted octanol–water partition coefficient (Wildman–Crippen LogP) is 4.31. The Labute approximate surface area is 103 Å². The van der Waals surface area contributed by atoms with E-state index in [0.717, 1.165) is 8.58 Å². The van der Waals surface area contributed by atoms with Gasteiger partial charge in [-0.25, -0.2) is 0 Å². The molecule has 1 rings (SSSR count). The molecule has 0 radical (unpaired) electrons. The first kappa shape index (κ1) is 13.7. The van der Waals surface area contributed by atoms with Gasteiger partial charge in [0.05, 0.1) is 0 Å². The lowest BCUT2D eigenvalue weighted by atomic mass is 9.98. The first-order chi connectivity index (χ1) is 7.83. The second-order valence-corrected chi connectivity index (χ2v) is 5.44. The van der Waals surface area contributed by atoms with Gasteiger partial charge in [0.2, 0.25) is 0 Å². The zero-order chi connectivity index (χ0) is 11.8. The highest BCUT2D eigenvalue weighted by Crippen LogP contribution is 2.18. The van der Waals surface area contributed by atoms with E-state index in [-0.39, 0.29) is 0 Å². The predicted molar refractivity (Wildman–Crippen MR) is 77.5 cm³/mol. The molecular formula is C15H25P. The van der Waals surface area contributed by atoms with Crippen LogP contribution in [0.3, 0.4) is 0 Å². The van der Waals surface area contributed by atoms with Crippen LogP contribution in [0.15, 0.2) is 18.2 Å². The number of rotatable bonds is 7. The highest BCUT2D eigenvalue weighted by Gasteiger charge is 2.06. The fraction of sp³-hybridized carbons (Fsp3) is 0.600. The lowest BCUT2D eigenvalue weighted by Gasteiger charge is -2.13. The molecule has 0 spiro atoms. The van der Waals surface area contributed by atoms with Gasteiger partial charge < -0.3 is 0 Å². The maximum absolute atomic E-state index is 2.34. The van der Waals surface area contributed by atoms with E-state index in [1.165, 1.54) is 38.5 Å². The average Bonchev–Trinajstić information content (AvgIpc) is 2.33. The molecule has 0 aliphatic heterocycles. The maximum atomic E-state index is 2.34. The van der Waals surface area contributed by atoms with E-state index in [4.69, 9.17) is 0 Å². The third kappa shape index (κ3) is 3.91.